The first kappa shape index (κ1) is 10.7. The third kappa shape index (κ3) is 2.85. The molecule has 0 aromatic heterocycles. The van der Waals surface area contributed by atoms with Crippen molar-refractivity contribution in [2.24, 2.45) is 0 Å². The second-order valence-corrected chi connectivity index (χ2v) is 2.94. The van der Waals surface area contributed by atoms with Crippen LogP contribution in [0.1, 0.15) is 5.56 Å². The fourth-order valence-electron chi connectivity index (χ4n) is 0.848. The van der Waals surface area contributed by atoms with Crippen LogP contribution in [0.15, 0.2) is 24.3 Å². The highest BCUT2D eigenvalue weighted by atomic mass is 35.5. The van der Waals surface area contributed by atoms with E-state index < -0.39 is 11.8 Å². The molecule has 2 nitrogen and oxygen atoms in total. The molecule has 0 aliphatic rings. The van der Waals surface area contributed by atoms with Crippen LogP contribution in [0.4, 0.5) is 4.39 Å². The first-order valence-corrected chi connectivity index (χ1v) is 4.22. The van der Waals surface area contributed by atoms with Crippen LogP contribution in [0.2, 0.25) is 5.02 Å². The first-order valence-electron chi connectivity index (χ1n) is 3.84. The minimum atomic E-state index is -0.515. The van der Waals surface area contributed by atoms with Crippen molar-refractivity contribution in [3.63, 3.8) is 0 Å². The summed E-state index contributed by atoms with van der Waals surface area (Å²) >= 11 is 5.48. The molecule has 14 heavy (non-hydrogen) atoms. The zero-order chi connectivity index (χ0) is 10.6. The number of carbonyl (C=O) groups excluding carboxylic acids is 1. The standard InChI is InChI=1S/C10H8ClFO2/c1-14-10(13)5-3-7-2-4-8(11)9(12)6-7/h2-6H,1H3/b5-3+. The molecular weight excluding hydrogens is 207 g/mol. The summed E-state index contributed by atoms with van der Waals surface area (Å²) in [5.41, 5.74) is 0.553. The van der Waals surface area contributed by atoms with E-state index in [0.717, 1.165) is 0 Å². The molecule has 0 amide bonds. The predicted octanol–water partition coefficient (Wildman–Crippen LogP) is 2.67. The van der Waals surface area contributed by atoms with Crippen LogP contribution in [-0.2, 0) is 9.53 Å². The highest BCUT2D eigenvalue weighted by Crippen LogP contribution is 2.16. The summed E-state index contributed by atoms with van der Waals surface area (Å²) in [5, 5.41) is 0.0558. The number of halogens is 2. The Bertz CT molecular complexity index is 374. The average molecular weight is 215 g/mol. The number of ether oxygens (including phenoxy) is 1. The lowest BCUT2D eigenvalue weighted by atomic mass is 10.2. The molecule has 0 saturated carbocycles. The van der Waals surface area contributed by atoms with Gasteiger partial charge in [0.2, 0.25) is 0 Å². The number of carbonyl (C=O) groups is 1. The van der Waals surface area contributed by atoms with E-state index in [9.17, 15) is 9.18 Å². The molecule has 0 saturated heterocycles. The molecule has 74 valence electrons. The smallest absolute Gasteiger partial charge is 0.330 e. The Hall–Kier alpha value is -1.35. The molecule has 0 spiro atoms. The van der Waals surface area contributed by atoms with Gasteiger partial charge in [-0.15, -0.1) is 0 Å². The van der Waals surface area contributed by atoms with Gasteiger partial charge < -0.3 is 4.74 Å². The summed E-state index contributed by atoms with van der Waals surface area (Å²) in [6.07, 6.45) is 2.66. The number of rotatable bonds is 2. The monoisotopic (exact) mass is 214 g/mol. The van der Waals surface area contributed by atoms with E-state index in [1.54, 1.807) is 6.07 Å². The van der Waals surface area contributed by atoms with Crippen molar-refractivity contribution in [2.75, 3.05) is 7.11 Å². The molecule has 0 heterocycles. The molecule has 0 atom stereocenters. The predicted molar refractivity (Wildman–Crippen MR) is 52.5 cm³/mol. The maximum atomic E-state index is 12.9. The van der Waals surface area contributed by atoms with E-state index in [2.05, 4.69) is 4.74 Å². The summed E-state index contributed by atoms with van der Waals surface area (Å²) in [4.78, 5) is 10.7. The second kappa shape index (κ2) is 4.77. The van der Waals surface area contributed by atoms with Gasteiger partial charge in [0, 0.05) is 6.08 Å². The Labute approximate surface area is 85.9 Å². The zero-order valence-corrected chi connectivity index (χ0v) is 8.22. The molecule has 0 aliphatic carbocycles. The lowest BCUT2D eigenvalue weighted by Crippen LogP contribution is -1.93. The molecule has 1 rings (SSSR count). The largest absolute Gasteiger partial charge is 0.466 e. The van der Waals surface area contributed by atoms with Gasteiger partial charge in [-0.25, -0.2) is 9.18 Å². The van der Waals surface area contributed by atoms with Crippen LogP contribution >= 0.6 is 11.6 Å². The van der Waals surface area contributed by atoms with Gasteiger partial charge in [-0.3, -0.25) is 0 Å². The summed E-state index contributed by atoms with van der Waals surface area (Å²) < 4.78 is 17.3. The molecule has 0 fully saturated rings. The van der Waals surface area contributed by atoms with Crippen molar-refractivity contribution in [3.8, 4) is 0 Å². The van der Waals surface area contributed by atoms with Crippen molar-refractivity contribution in [1.29, 1.82) is 0 Å². The van der Waals surface area contributed by atoms with Crippen LogP contribution in [0, 0.1) is 5.82 Å². The number of hydrogen-bond donors (Lipinski definition) is 0. The van der Waals surface area contributed by atoms with E-state index in [1.165, 1.54) is 31.4 Å². The molecule has 0 bridgehead atoms. The van der Waals surface area contributed by atoms with Gasteiger partial charge in [0.25, 0.3) is 0 Å². The van der Waals surface area contributed by atoms with E-state index in [1.807, 2.05) is 0 Å². The molecule has 0 aliphatic heterocycles. The summed E-state index contributed by atoms with van der Waals surface area (Å²) in [6.45, 7) is 0. The molecule has 0 radical (unpaired) electrons. The highest BCUT2D eigenvalue weighted by molar-refractivity contribution is 6.30. The van der Waals surface area contributed by atoms with Crippen molar-refractivity contribution in [1.82, 2.24) is 0 Å². The maximum Gasteiger partial charge on any atom is 0.330 e. The van der Waals surface area contributed by atoms with Crippen molar-refractivity contribution < 1.29 is 13.9 Å². The molecule has 1 aromatic rings. The topological polar surface area (TPSA) is 26.3 Å². The number of benzene rings is 1. The lowest BCUT2D eigenvalue weighted by molar-refractivity contribution is -0.134. The minimum Gasteiger partial charge on any atom is -0.466 e. The summed E-state index contributed by atoms with van der Waals surface area (Å²) in [5.74, 6) is -1.00. The minimum absolute atomic E-state index is 0.0558. The summed E-state index contributed by atoms with van der Waals surface area (Å²) in [7, 11) is 1.27. The fourth-order valence-corrected chi connectivity index (χ4v) is 0.966. The van der Waals surface area contributed by atoms with E-state index in [4.69, 9.17) is 11.6 Å². The third-order valence-electron chi connectivity index (χ3n) is 1.56. The van der Waals surface area contributed by atoms with Gasteiger partial charge in [0.15, 0.2) is 0 Å². The number of hydrogen-bond acceptors (Lipinski definition) is 2. The number of methoxy groups -OCH3 is 1. The zero-order valence-electron chi connectivity index (χ0n) is 7.46. The Balaban J connectivity index is 2.83. The van der Waals surface area contributed by atoms with Crippen LogP contribution in [0.25, 0.3) is 6.08 Å². The van der Waals surface area contributed by atoms with E-state index >= 15 is 0 Å². The van der Waals surface area contributed by atoms with E-state index in [-0.39, 0.29) is 5.02 Å². The van der Waals surface area contributed by atoms with Crippen LogP contribution < -0.4 is 0 Å². The first-order chi connectivity index (χ1) is 6.63. The van der Waals surface area contributed by atoms with Gasteiger partial charge in [0.1, 0.15) is 5.82 Å². The van der Waals surface area contributed by atoms with E-state index in [0.29, 0.717) is 5.56 Å². The van der Waals surface area contributed by atoms with Crippen molar-refractivity contribution >= 4 is 23.6 Å². The SMILES string of the molecule is COC(=O)/C=C/c1ccc(Cl)c(F)c1. The lowest BCUT2D eigenvalue weighted by Gasteiger charge is -1.96. The van der Waals surface area contributed by atoms with Gasteiger partial charge >= 0.3 is 5.97 Å². The molecule has 4 heteroatoms. The van der Waals surface area contributed by atoms with Crippen LogP contribution in [-0.4, -0.2) is 13.1 Å². The van der Waals surface area contributed by atoms with Crippen molar-refractivity contribution in [2.45, 2.75) is 0 Å². The Morgan fingerprint density at radius 2 is 2.29 bits per heavy atom. The van der Waals surface area contributed by atoms with Gasteiger partial charge in [-0.2, -0.15) is 0 Å². The quantitative estimate of drug-likeness (QED) is 0.559. The van der Waals surface area contributed by atoms with Gasteiger partial charge in [-0.1, -0.05) is 17.7 Å². The van der Waals surface area contributed by atoms with Gasteiger partial charge in [0.05, 0.1) is 12.1 Å². The number of esters is 1. The van der Waals surface area contributed by atoms with Crippen LogP contribution in [0.3, 0.4) is 0 Å². The molecular formula is C10H8ClFO2. The average Bonchev–Trinajstić information content (AvgIpc) is 2.19. The van der Waals surface area contributed by atoms with Crippen molar-refractivity contribution in [3.05, 3.63) is 40.7 Å². The van der Waals surface area contributed by atoms with Gasteiger partial charge in [-0.05, 0) is 23.8 Å². The third-order valence-corrected chi connectivity index (χ3v) is 1.86. The fraction of sp³-hybridized carbons (Fsp3) is 0.100. The molecule has 1 aromatic carbocycles. The highest BCUT2D eigenvalue weighted by Gasteiger charge is 1.99. The maximum absolute atomic E-state index is 12.9. The summed E-state index contributed by atoms with van der Waals surface area (Å²) in [6, 6.07) is 4.26. The second-order valence-electron chi connectivity index (χ2n) is 2.53. The Morgan fingerprint density at radius 1 is 1.57 bits per heavy atom. The Kier molecular flexibility index (Phi) is 3.65. The Morgan fingerprint density at radius 3 is 2.86 bits per heavy atom. The molecule has 0 N–H and O–H groups in total. The normalized spacial score (nSPS) is 10.5. The molecule has 0 unspecified atom stereocenters. The van der Waals surface area contributed by atoms with Crippen LogP contribution in [0.5, 0.6) is 0 Å².